The molecular weight excluding hydrogens is 257 g/mol. The van der Waals surface area contributed by atoms with Gasteiger partial charge in [0, 0.05) is 37.8 Å². The minimum absolute atomic E-state index is 0.0223. The molecule has 1 aromatic rings. The molecule has 0 aliphatic carbocycles. The van der Waals surface area contributed by atoms with E-state index in [0.717, 1.165) is 19.5 Å². The van der Waals surface area contributed by atoms with Crippen LogP contribution in [0.2, 0.25) is 0 Å². The third-order valence-corrected chi connectivity index (χ3v) is 4.06. The SMILES string of the molecule is CCC(C)N1CCN(C(=O)c2ccc(F)c(N)c2)CC1. The molecule has 1 heterocycles. The smallest absolute Gasteiger partial charge is 0.254 e. The minimum Gasteiger partial charge on any atom is -0.396 e. The van der Waals surface area contributed by atoms with Gasteiger partial charge in [-0.2, -0.15) is 0 Å². The second-order valence-corrected chi connectivity index (χ2v) is 5.32. The third-order valence-electron chi connectivity index (χ3n) is 4.06. The molecule has 5 heteroatoms. The fourth-order valence-electron chi connectivity index (χ4n) is 2.48. The Balaban J connectivity index is 1.99. The van der Waals surface area contributed by atoms with Gasteiger partial charge >= 0.3 is 0 Å². The Morgan fingerprint density at radius 2 is 2.00 bits per heavy atom. The van der Waals surface area contributed by atoms with Crippen LogP contribution < -0.4 is 5.73 Å². The normalized spacial score (nSPS) is 18.1. The lowest BCUT2D eigenvalue weighted by molar-refractivity contribution is 0.0579. The van der Waals surface area contributed by atoms with Crippen LogP contribution in [0.15, 0.2) is 18.2 Å². The summed E-state index contributed by atoms with van der Waals surface area (Å²) in [6.07, 6.45) is 1.11. The molecule has 1 unspecified atom stereocenters. The molecule has 1 atom stereocenters. The zero-order valence-corrected chi connectivity index (χ0v) is 12.1. The zero-order valence-electron chi connectivity index (χ0n) is 12.1. The van der Waals surface area contributed by atoms with E-state index >= 15 is 0 Å². The molecule has 0 spiro atoms. The summed E-state index contributed by atoms with van der Waals surface area (Å²) in [4.78, 5) is 16.5. The van der Waals surface area contributed by atoms with Gasteiger partial charge in [0.05, 0.1) is 5.69 Å². The van der Waals surface area contributed by atoms with E-state index in [0.29, 0.717) is 24.7 Å². The van der Waals surface area contributed by atoms with E-state index < -0.39 is 5.82 Å². The summed E-state index contributed by atoms with van der Waals surface area (Å²) in [6.45, 7) is 7.57. The number of anilines is 1. The number of halogens is 1. The predicted molar refractivity (Wildman–Crippen MR) is 78.0 cm³/mol. The highest BCUT2D eigenvalue weighted by Crippen LogP contribution is 2.16. The van der Waals surface area contributed by atoms with Crippen LogP contribution in [0.5, 0.6) is 0 Å². The van der Waals surface area contributed by atoms with Crippen molar-refractivity contribution >= 4 is 11.6 Å². The van der Waals surface area contributed by atoms with Crippen molar-refractivity contribution in [3.63, 3.8) is 0 Å². The Bertz CT molecular complexity index is 484. The number of amides is 1. The van der Waals surface area contributed by atoms with E-state index in [9.17, 15) is 9.18 Å². The number of carbonyl (C=O) groups is 1. The summed E-state index contributed by atoms with van der Waals surface area (Å²) in [6, 6.07) is 4.71. The Labute approximate surface area is 119 Å². The quantitative estimate of drug-likeness (QED) is 0.861. The van der Waals surface area contributed by atoms with Crippen LogP contribution in [0, 0.1) is 5.82 Å². The van der Waals surface area contributed by atoms with Gasteiger partial charge in [0.25, 0.3) is 5.91 Å². The number of piperazine rings is 1. The number of nitrogens with zero attached hydrogens (tertiary/aromatic N) is 2. The molecule has 0 radical (unpaired) electrons. The van der Waals surface area contributed by atoms with Crippen LogP contribution in [-0.4, -0.2) is 47.9 Å². The van der Waals surface area contributed by atoms with Gasteiger partial charge in [0.15, 0.2) is 0 Å². The molecule has 2 N–H and O–H groups in total. The van der Waals surface area contributed by atoms with E-state index in [-0.39, 0.29) is 11.6 Å². The first kappa shape index (κ1) is 14.8. The van der Waals surface area contributed by atoms with Crippen LogP contribution in [-0.2, 0) is 0 Å². The predicted octanol–water partition coefficient (Wildman–Crippen LogP) is 1.96. The Kier molecular flexibility index (Phi) is 4.60. The number of nitrogens with two attached hydrogens (primary N) is 1. The van der Waals surface area contributed by atoms with E-state index in [1.165, 1.54) is 18.2 Å². The summed E-state index contributed by atoms with van der Waals surface area (Å²) in [5, 5.41) is 0. The first-order chi connectivity index (χ1) is 9.52. The maximum Gasteiger partial charge on any atom is 0.254 e. The van der Waals surface area contributed by atoms with Crippen molar-refractivity contribution in [3.8, 4) is 0 Å². The Hall–Kier alpha value is -1.62. The van der Waals surface area contributed by atoms with Crippen molar-refractivity contribution in [2.24, 2.45) is 0 Å². The molecular formula is C15H22FN3O. The van der Waals surface area contributed by atoms with Gasteiger partial charge in [0.1, 0.15) is 5.82 Å². The molecule has 1 saturated heterocycles. The molecule has 4 nitrogen and oxygen atoms in total. The molecule has 1 aliphatic heterocycles. The van der Waals surface area contributed by atoms with Crippen LogP contribution >= 0.6 is 0 Å². The molecule has 20 heavy (non-hydrogen) atoms. The maximum atomic E-state index is 13.1. The van der Waals surface area contributed by atoms with Crippen LogP contribution in [0.3, 0.4) is 0 Å². The highest BCUT2D eigenvalue weighted by molar-refractivity contribution is 5.95. The van der Waals surface area contributed by atoms with Gasteiger partial charge in [-0.05, 0) is 31.5 Å². The van der Waals surface area contributed by atoms with Gasteiger partial charge in [-0.3, -0.25) is 9.69 Å². The molecule has 2 rings (SSSR count). The van der Waals surface area contributed by atoms with E-state index in [1.54, 1.807) is 0 Å². The minimum atomic E-state index is -0.483. The first-order valence-corrected chi connectivity index (χ1v) is 7.11. The van der Waals surface area contributed by atoms with E-state index in [2.05, 4.69) is 18.7 Å². The number of hydrogen-bond donors (Lipinski definition) is 1. The van der Waals surface area contributed by atoms with Crippen molar-refractivity contribution in [1.29, 1.82) is 0 Å². The first-order valence-electron chi connectivity index (χ1n) is 7.11. The molecule has 1 fully saturated rings. The largest absolute Gasteiger partial charge is 0.396 e. The fourth-order valence-corrected chi connectivity index (χ4v) is 2.48. The van der Waals surface area contributed by atoms with Gasteiger partial charge in [-0.25, -0.2) is 4.39 Å². The van der Waals surface area contributed by atoms with Gasteiger partial charge in [-0.1, -0.05) is 6.92 Å². The number of nitrogen functional groups attached to an aromatic ring is 1. The lowest BCUT2D eigenvalue weighted by Gasteiger charge is -2.37. The average molecular weight is 279 g/mol. The number of rotatable bonds is 3. The van der Waals surface area contributed by atoms with E-state index in [1.807, 2.05) is 4.90 Å². The standard InChI is InChI=1S/C15H22FN3O/c1-3-11(2)18-6-8-19(9-7-18)15(20)12-4-5-13(16)14(17)10-12/h4-5,10-11H,3,6-9,17H2,1-2H3. The second-order valence-electron chi connectivity index (χ2n) is 5.32. The molecule has 1 amide bonds. The lowest BCUT2D eigenvalue weighted by Crippen LogP contribution is -2.51. The Morgan fingerprint density at radius 1 is 1.35 bits per heavy atom. The van der Waals surface area contributed by atoms with Gasteiger partial charge in [-0.15, -0.1) is 0 Å². The molecule has 1 aliphatic rings. The van der Waals surface area contributed by atoms with Crippen LogP contribution in [0.1, 0.15) is 30.6 Å². The van der Waals surface area contributed by atoms with Crippen molar-refractivity contribution in [1.82, 2.24) is 9.80 Å². The van der Waals surface area contributed by atoms with Crippen molar-refractivity contribution in [2.75, 3.05) is 31.9 Å². The monoisotopic (exact) mass is 279 g/mol. The van der Waals surface area contributed by atoms with Gasteiger partial charge in [0.2, 0.25) is 0 Å². The maximum absolute atomic E-state index is 13.1. The van der Waals surface area contributed by atoms with Crippen LogP contribution in [0.25, 0.3) is 0 Å². The summed E-state index contributed by atoms with van der Waals surface area (Å²) in [5.74, 6) is -0.552. The molecule has 110 valence electrons. The highest BCUT2D eigenvalue weighted by Gasteiger charge is 2.24. The molecule has 0 aromatic heterocycles. The third kappa shape index (κ3) is 3.10. The van der Waals surface area contributed by atoms with Crippen molar-refractivity contribution < 1.29 is 9.18 Å². The highest BCUT2D eigenvalue weighted by atomic mass is 19.1. The second kappa shape index (κ2) is 6.22. The van der Waals surface area contributed by atoms with Crippen molar-refractivity contribution in [2.45, 2.75) is 26.3 Å². The zero-order chi connectivity index (χ0) is 14.7. The number of benzene rings is 1. The van der Waals surface area contributed by atoms with E-state index in [4.69, 9.17) is 5.73 Å². The summed E-state index contributed by atoms with van der Waals surface area (Å²) < 4.78 is 13.1. The topological polar surface area (TPSA) is 49.6 Å². The number of carbonyl (C=O) groups excluding carboxylic acids is 1. The molecule has 0 saturated carbocycles. The molecule has 0 bridgehead atoms. The average Bonchev–Trinajstić information content (AvgIpc) is 2.48. The molecule has 1 aromatic carbocycles. The van der Waals surface area contributed by atoms with Crippen molar-refractivity contribution in [3.05, 3.63) is 29.6 Å². The van der Waals surface area contributed by atoms with Crippen LogP contribution in [0.4, 0.5) is 10.1 Å². The summed E-state index contributed by atoms with van der Waals surface area (Å²) in [7, 11) is 0. The number of hydrogen-bond acceptors (Lipinski definition) is 3. The summed E-state index contributed by atoms with van der Waals surface area (Å²) in [5.41, 5.74) is 6.00. The fraction of sp³-hybridized carbons (Fsp3) is 0.533. The summed E-state index contributed by atoms with van der Waals surface area (Å²) >= 11 is 0. The Morgan fingerprint density at radius 3 is 2.55 bits per heavy atom. The van der Waals surface area contributed by atoms with Gasteiger partial charge < -0.3 is 10.6 Å². The lowest BCUT2D eigenvalue weighted by atomic mass is 10.1.